The number of aromatic nitrogens is 1. The van der Waals surface area contributed by atoms with Crippen LogP contribution >= 0.6 is 0 Å². The lowest BCUT2D eigenvalue weighted by Crippen LogP contribution is -2.30. The topological polar surface area (TPSA) is 122 Å². The van der Waals surface area contributed by atoms with Gasteiger partial charge in [-0.1, -0.05) is 19.9 Å². The van der Waals surface area contributed by atoms with Crippen LogP contribution in [0.3, 0.4) is 0 Å². The lowest BCUT2D eigenvalue weighted by atomic mass is 9.71. The number of aromatic amines is 1. The van der Waals surface area contributed by atoms with Gasteiger partial charge in [0.1, 0.15) is 30.1 Å². The zero-order valence-corrected chi connectivity index (χ0v) is 19.3. The fourth-order valence-corrected chi connectivity index (χ4v) is 4.91. The van der Waals surface area contributed by atoms with Crippen LogP contribution in [0.2, 0.25) is 0 Å². The number of H-pyrrole nitrogens is 1. The van der Waals surface area contributed by atoms with Gasteiger partial charge in [-0.05, 0) is 43.7 Å². The molecule has 1 fully saturated rings. The second kappa shape index (κ2) is 7.42. The zero-order valence-electron chi connectivity index (χ0n) is 19.3. The number of hydrogen-bond donors (Lipinski definition) is 2. The summed E-state index contributed by atoms with van der Waals surface area (Å²) >= 11 is 0. The predicted octanol–water partition coefficient (Wildman–Crippen LogP) is 4.14. The molecule has 8 nitrogen and oxygen atoms in total. The van der Waals surface area contributed by atoms with Crippen molar-refractivity contribution in [1.29, 1.82) is 5.26 Å². The largest absolute Gasteiger partial charge is 0.491 e. The number of carbonyl (C=O) groups is 2. The van der Waals surface area contributed by atoms with Crippen molar-refractivity contribution in [3.63, 3.8) is 0 Å². The molecule has 1 saturated heterocycles. The summed E-state index contributed by atoms with van der Waals surface area (Å²) in [6.45, 7) is 8.40. The molecule has 2 aromatic carbocycles. The summed E-state index contributed by atoms with van der Waals surface area (Å²) in [6, 6.07) is 10.4. The molecule has 2 aliphatic rings. The molecule has 0 amide bonds. The molecule has 0 spiro atoms. The molecule has 1 atom stereocenters. The van der Waals surface area contributed by atoms with E-state index in [0.717, 1.165) is 5.56 Å². The van der Waals surface area contributed by atoms with Gasteiger partial charge in [0.2, 0.25) is 0 Å². The molecule has 1 aliphatic heterocycles. The Morgan fingerprint density at radius 2 is 2.03 bits per heavy atom. The molecule has 5 rings (SSSR count). The molecule has 3 aromatic rings. The summed E-state index contributed by atoms with van der Waals surface area (Å²) in [5.74, 6) is -1.45. The normalized spacial score (nSPS) is 20.0. The number of nitrogens with zero attached hydrogens (tertiary/aromatic N) is 1. The molecule has 0 radical (unpaired) electrons. The van der Waals surface area contributed by atoms with Gasteiger partial charge in [0.15, 0.2) is 11.6 Å². The van der Waals surface area contributed by atoms with Crippen LogP contribution in [-0.2, 0) is 14.9 Å². The van der Waals surface area contributed by atoms with E-state index in [1.54, 1.807) is 18.2 Å². The standard InChI is InChI=1S/C26H24N2O6/c1-25(2)18-9-14(32-11-15-12-33-26(3,4)34-15)6-8-16(18)22(29)20-17-7-5-13(10-27)19(24(30)31)21(17)28-23(20)25/h5-9,15,28H,11-12H2,1-4H3,(H,30,31)/t15-/m0/s1. The highest BCUT2D eigenvalue weighted by atomic mass is 16.7. The van der Waals surface area contributed by atoms with Crippen molar-refractivity contribution in [3.05, 3.63) is 63.8 Å². The van der Waals surface area contributed by atoms with Crippen molar-refractivity contribution in [1.82, 2.24) is 4.98 Å². The number of carboxylic acid groups (broad SMARTS) is 1. The second-order valence-corrected chi connectivity index (χ2v) is 9.63. The minimum atomic E-state index is -1.22. The summed E-state index contributed by atoms with van der Waals surface area (Å²) in [5.41, 5.74) is 1.91. The first-order chi connectivity index (χ1) is 16.0. The second-order valence-electron chi connectivity index (χ2n) is 9.63. The molecule has 174 valence electrons. The maximum atomic E-state index is 13.5. The Morgan fingerprint density at radius 3 is 2.68 bits per heavy atom. The van der Waals surface area contributed by atoms with Gasteiger partial charge in [-0.2, -0.15) is 5.26 Å². The Morgan fingerprint density at radius 1 is 1.26 bits per heavy atom. The van der Waals surface area contributed by atoms with Crippen LogP contribution in [0.5, 0.6) is 5.75 Å². The van der Waals surface area contributed by atoms with Crippen LogP contribution in [-0.4, -0.2) is 46.9 Å². The molecule has 0 saturated carbocycles. The van der Waals surface area contributed by atoms with Gasteiger partial charge in [-0.25, -0.2) is 4.79 Å². The van der Waals surface area contributed by atoms with E-state index in [2.05, 4.69) is 4.98 Å². The molecule has 2 heterocycles. The number of benzene rings is 2. The van der Waals surface area contributed by atoms with Crippen LogP contribution in [0, 0.1) is 11.3 Å². The predicted molar refractivity (Wildman–Crippen MR) is 122 cm³/mol. The van der Waals surface area contributed by atoms with E-state index in [4.69, 9.17) is 14.2 Å². The third kappa shape index (κ3) is 3.28. The third-order valence-corrected chi connectivity index (χ3v) is 6.57. The Hall–Kier alpha value is -3.67. The molecule has 34 heavy (non-hydrogen) atoms. The SMILES string of the molecule is CC1(C)OC[C@H](COc2ccc3c(c2)C(C)(C)c2[nH]c4c(C(=O)O)c(C#N)ccc4c2C3=O)O1. The van der Waals surface area contributed by atoms with Crippen molar-refractivity contribution in [2.24, 2.45) is 0 Å². The highest BCUT2D eigenvalue weighted by molar-refractivity contribution is 6.22. The molecule has 0 bridgehead atoms. The number of carbonyl (C=O) groups excluding carboxylic acids is 1. The maximum absolute atomic E-state index is 13.5. The van der Waals surface area contributed by atoms with Gasteiger partial charge in [-0.3, -0.25) is 4.79 Å². The minimum Gasteiger partial charge on any atom is -0.491 e. The van der Waals surface area contributed by atoms with Crippen molar-refractivity contribution in [3.8, 4) is 11.8 Å². The van der Waals surface area contributed by atoms with Crippen molar-refractivity contribution in [2.45, 2.75) is 45.0 Å². The van der Waals surface area contributed by atoms with Gasteiger partial charge in [-0.15, -0.1) is 0 Å². The highest BCUT2D eigenvalue weighted by Gasteiger charge is 2.41. The van der Waals surface area contributed by atoms with Crippen molar-refractivity contribution < 1.29 is 28.9 Å². The van der Waals surface area contributed by atoms with Gasteiger partial charge in [0.25, 0.3) is 0 Å². The molecular weight excluding hydrogens is 436 g/mol. The van der Waals surface area contributed by atoms with Crippen LogP contribution in [0.4, 0.5) is 0 Å². The van der Waals surface area contributed by atoms with E-state index in [1.807, 2.05) is 39.8 Å². The number of nitriles is 1. The van der Waals surface area contributed by atoms with Gasteiger partial charge < -0.3 is 24.3 Å². The van der Waals surface area contributed by atoms with Crippen LogP contribution in [0.1, 0.15) is 70.8 Å². The third-order valence-electron chi connectivity index (χ3n) is 6.57. The van der Waals surface area contributed by atoms with Crippen molar-refractivity contribution >= 4 is 22.7 Å². The zero-order chi connectivity index (χ0) is 24.4. The number of ketones is 1. The molecule has 1 aliphatic carbocycles. The molecule has 1 aromatic heterocycles. The van der Waals surface area contributed by atoms with Crippen LogP contribution in [0.15, 0.2) is 30.3 Å². The fraction of sp³-hybridized carbons (Fsp3) is 0.346. The van der Waals surface area contributed by atoms with Gasteiger partial charge >= 0.3 is 5.97 Å². The minimum absolute atomic E-state index is 0.0401. The van der Waals surface area contributed by atoms with E-state index in [-0.39, 0.29) is 28.5 Å². The van der Waals surface area contributed by atoms with E-state index in [1.165, 1.54) is 6.07 Å². The Balaban J connectivity index is 1.56. The number of fused-ring (bicyclic) bond motifs is 4. The average molecular weight is 460 g/mol. The number of aromatic carboxylic acids is 1. The summed E-state index contributed by atoms with van der Waals surface area (Å²) in [4.78, 5) is 28.7. The first kappa shape index (κ1) is 22.1. The highest BCUT2D eigenvalue weighted by Crippen LogP contribution is 2.45. The monoisotopic (exact) mass is 460 g/mol. The van der Waals surface area contributed by atoms with E-state index in [9.17, 15) is 20.0 Å². The Kier molecular flexibility index (Phi) is 4.83. The van der Waals surface area contributed by atoms with E-state index >= 15 is 0 Å². The molecule has 2 N–H and O–H groups in total. The lowest BCUT2D eigenvalue weighted by molar-refractivity contribution is -0.141. The first-order valence-corrected chi connectivity index (χ1v) is 11.0. The summed E-state index contributed by atoms with van der Waals surface area (Å²) < 4.78 is 17.3. The number of carboxylic acids is 1. The molecule has 8 heteroatoms. The van der Waals surface area contributed by atoms with Crippen molar-refractivity contribution in [2.75, 3.05) is 13.2 Å². The quantitative estimate of drug-likeness (QED) is 0.600. The van der Waals surface area contributed by atoms with E-state index in [0.29, 0.717) is 41.2 Å². The van der Waals surface area contributed by atoms with E-state index < -0.39 is 17.2 Å². The maximum Gasteiger partial charge on any atom is 0.339 e. The summed E-state index contributed by atoms with van der Waals surface area (Å²) in [5, 5.41) is 19.6. The van der Waals surface area contributed by atoms with Gasteiger partial charge in [0, 0.05) is 22.1 Å². The van der Waals surface area contributed by atoms with Gasteiger partial charge in [0.05, 0.1) is 23.3 Å². The summed E-state index contributed by atoms with van der Waals surface area (Å²) in [6.07, 6.45) is -0.190. The number of ether oxygens (including phenoxy) is 3. The first-order valence-electron chi connectivity index (χ1n) is 11.0. The Bertz CT molecular complexity index is 1410. The van der Waals surface area contributed by atoms with Crippen LogP contribution in [0.25, 0.3) is 10.9 Å². The van der Waals surface area contributed by atoms with Crippen LogP contribution < -0.4 is 4.74 Å². The Labute approximate surface area is 196 Å². The number of hydrogen-bond acceptors (Lipinski definition) is 6. The lowest BCUT2D eigenvalue weighted by Gasteiger charge is -2.32. The molecular formula is C26H24N2O6. The smallest absolute Gasteiger partial charge is 0.339 e. The number of nitrogens with one attached hydrogen (secondary N) is 1. The average Bonchev–Trinajstić information content (AvgIpc) is 3.35. The number of rotatable bonds is 4. The fourth-order valence-electron chi connectivity index (χ4n) is 4.91. The molecule has 0 unspecified atom stereocenters. The summed E-state index contributed by atoms with van der Waals surface area (Å²) in [7, 11) is 0.